The van der Waals surface area contributed by atoms with Crippen LogP contribution in [0.3, 0.4) is 0 Å². The molecule has 0 N–H and O–H groups in total. The lowest BCUT2D eigenvalue weighted by Crippen LogP contribution is -2.30. The number of nitriles is 1. The lowest BCUT2D eigenvalue weighted by Gasteiger charge is -2.23. The lowest BCUT2D eigenvalue weighted by atomic mass is 10.1. The highest BCUT2D eigenvalue weighted by Crippen LogP contribution is 2.21. The summed E-state index contributed by atoms with van der Waals surface area (Å²) in [6.07, 6.45) is 0. The van der Waals surface area contributed by atoms with Crippen LogP contribution in [0.25, 0.3) is 0 Å². The highest BCUT2D eigenvalue weighted by molar-refractivity contribution is 5.73. The number of nitrogens with zero attached hydrogens (tertiary/aromatic N) is 3. The van der Waals surface area contributed by atoms with Crippen LogP contribution in [0.5, 0.6) is 0 Å². The Labute approximate surface area is 113 Å². The summed E-state index contributed by atoms with van der Waals surface area (Å²) in [7, 11) is 3.19. The molecule has 1 unspecified atom stereocenters. The molecule has 0 saturated carbocycles. The van der Waals surface area contributed by atoms with Gasteiger partial charge < -0.3 is 9.64 Å². The van der Waals surface area contributed by atoms with Gasteiger partial charge in [-0.2, -0.15) is 5.26 Å². The normalized spacial score (nSPS) is 11.6. The summed E-state index contributed by atoms with van der Waals surface area (Å²) in [5, 5.41) is 9.22. The Morgan fingerprint density at radius 3 is 2.74 bits per heavy atom. The smallest absolute Gasteiger partial charge is 0.310 e. The number of carbonyl (C=O) groups is 1. The molecule has 5 nitrogen and oxygen atoms in total. The first-order valence-electron chi connectivity index (χ1n) is 6.08. The summed E-state index contributed by atoms with van der Waals surface area (Å²) in [5.74, 6) is 0.0645. The Kier molecular flexibility index (Phi) is 4.87. The van der Waals surface area contributed by atoms with E-state index >= 15 is 0 Å². The van der Waals surface area contributed by atoms with Gasteiger partial charge in [0.05, 0.1) is 18.6 Å². The third-order valence-corrected chi connectivity index (χ3v) is 2.95. The number of anilines is 1. The van der Waals surface area contributed by atoms with Crippen molar-refractivity contribution < 1.29 is 9.53 Å². The summed E-state index contributed by atoms with van der Waals surface area (Å²) in [5.41, 5.74) is 2.29. The van der Waals surface area contributed by atoms with Crippen molar-refractivity contribution in [1.29, 1.82) is 5.26 Å². The minimum Gasteiger partial charge on any atom is -0.469 e. The Hall–Kier alpha value is -2.09. The number of ether oxygens (including phenoxy) is 1. The molecule has 1 rings (SSSR count). The minimum absolute atomic E-state index is 0.269. The first-order valence-corrected chi connectivity index (χ1v) is 6.08. The second-order valence-electron chi connectivity index (χ2n) is 4.70. The van der Waals surface area contributed by atoms with Crippen molar-refractivity contribution >= 4 is 11.8 Å². The number of rotatable bonds is 4. The number of carbonyl (C=O) groups excluding carboxylic acids is 1. The maximum Gasteiger partial charge on any atom is 0.310 e. The Balaban J connectivity index is 3.03. The van der Waals surface area contributed by atoms with E-state index in [4.69, 9.17) is 4.74 Å². The first kappa shape index (κ1) is 15.0. The zero-order valence-corrected chi connectivity index (χ0v) is 12.0. The molecule has 0 aromatic carbocycles. The van der Waals surface area contributed by atoms with Crippen molar-refractivity contribution in [3.8, 4) is 6.07 Å². The van der Waals surface area contributed by atoms with E-state index in [0.29, 0.717) is 17.9 Å². The van der Waals surface area contributed by atoms with Gasteiger partial charge in [-0.15, -0.1) is 0 Å². The molecule has 1 aromatic rings. The molecule has 5 heteroatoms. The lowest BCUT2D eigenvalue weighted by molar-refractivity contribution is -0.144. The molecule has 1 atom stereocenters. The molecule has 102 valence electrons. The molecule has 1 heterocycles. The van der Waals surface area contributed by atoms with Gasteiger partial charge in [-0.3, -0.25) is 4.79 Å². The fourth-order valence-electron chi connectivity index (χ4n) is 2.00. The fraction of sp³-hybridized carbons (Fsp3) is 0.500. The van der Waals surface area contributed by atoms with Gasteiger partial charge in [0.2, 0.25) is 0 Å². The summed E-state index contributed by atoms with van der Waals surface area (Å²) in [4.78, 5) is 17.6. The number of methoxy groups -OCH3 is 1. The van der Waals surface area contributed by atoms with Gasteiger partial charge in [0.1, 0.15) is 11.9 Å². The molecule has 1 aromatic heterocycles. The average molecular weight is 261 g/mol. The van der Waals surface area contributed by atoms with Crippen LogP contribution in [0.15, 0.2) is 6.07 Å². The number of hydrogen-bond acceptors (Lipinski definition) is 5. The van der Waals surface area contributed by atoms with Gasteiger partial charge >= 0.3 is 5.97 Å². The zero-order valence-electron chi connectivity index (χ0n) is 12.0. The van der Waals surface area contributed by atoms with Gasteiger partial charge in [0, 0.05) is 19.3 Å². The van der Waals surface area contributed by atoms with Crippen LogP contribution in [0.1, 0.15) is 23.7 Å². The average Bonchev–Trinajstić information content (AvgIpc) is 2.36. The van der Waals surface area contributed by atoms with Crippen molar-refractivity contribution in [3.05, 3.63) is 22.9 Å². The Morgan fingerprint density at radius 1 is 1.58 bits per heavy atom. The van der Waals surface area contributed by atoms with Crippen LogP contribution in [-0.2, 0) is 9.53 Å². The molecule has 0 aliphatic rings. The maximum atomic E-state index is 11.4. The molecule has 19 heavy (non-hydrogen) atoms. The molecule has 0 radical (unpaired) electrons. The van der Waals surface area contributed by atoms with Gasteiger partial charge in [0.25, 0.3) is 0 Å². The number of esters is 1. The molecule has 0 bridgehead atoms. The summed E-state index contributed by atoms with van der Waals surface area (Å²) in [6.45, 7) is 6.01. The maximum absolute atomic E-state index is 11.4. The summed E-state index contributed by atoms with van der Waals surface area (Å²) < 4.78 is 4.70. The van der Waals surface area contributed by atoms with Gasteiger partial charge in [-0.05, 0) is 25.5 Å². The van der Waals surface area contributed by atoms with E-state index in [1.165, 1.54) is 7.11 Å². The van der Waals surface area contributed by atoms with E-state index in [1.54, 1.807) is 6.92 Å². The van der Waals surface area contributed by atoms with E-state index in [-0.39, 0.29) is 11.9 Å². The molecule has 0 saturated heterocycles. The van der Waals surface area contributed by atoms with Crippen LogP contribution in [0.4, 0.5) is 5.82 Å². The zero-order chi connectivity index (χ0) is 14.6. The first-order chi connectivity index (χ1) is 8.90. The van der Waals surface area contributed by atoms with Crippen LogP contribution in [0.2, 0.25) is 0 Å². The van der Waals surface area contributed by atoms with Crippen LogP contribution < -0.4 is 4.90 Å². The predicted molar refractivity (Wildman–Crippen MR) is 72.9 cm³/mol. The van der Waals surface area contributed by atoms with Crippen LogP contribution >= 0.6 is 0 Å². The highest BCUT2D eigenvalue weighted by atomic mass is 16.5. The molecule has 0 spiro atoms. The second-order valence-corrected chi connectivity index (χ2v) is 4.70. The van der Waals surface area contributed by atoms with Crippen molar-refractivity contribution in [2.75, 3.05) is 25.6 Å². The highest BCUT2D eigenvalue weighted by Gasteiger charge is 2.19. The Morgan fingerprint density at radius 2 is 2.21 bits per heavy atom. The summed E-state index contributed by atoms with van der Waals surface area (Å²) >= 11 is 0. The quantitative estimate of drug-likeness (QED) is 0.773. The number of pyridine rings is 1. The van der Waals surface area contributed by atoms with Gasteiger partial charge in [0.15, 0.2) is 0 Å². The molecule has 0 aliphatic heterocycles. The van der Waals surface area contributed by atoms with Crippen molar-refractivity contribution in [2.24, 2.45) is 5.92 Å². The van der Waals surface area contributed by atoms with E-state index < -0.39 is 0 Å². The predicted octanol–water partition coefficient (Wildman–Crippen LogP) is 1.82. The van der Waals surface area contributed by atoms with E-state index in [9.17, 15) is 10.1 Å². The number of aryl methyl sites for hydroxylation is 2. The monoisotopic (exact) mass is 261 g/mol. The SMILES string of the molecule is COC(=O)C(C)CN(C)c1nc(C)cc(C)c1C#N. The van der Waals surface area contributed by atoms with Gasteiger partial charge in [-0.25, -0.2) is 4.98 Å². The topological polar surface area (TPSA) is 66.2 Å². The second kappa shape index (κ2) is 6.19. The Bertz CT molecular complexity index is 520. The third-order valence-electron chi connectivity index (χ3n) is 2.95. The van der Waals surface area contributed by atoms with E-state index in [2.05, 4.69) is 11.1 Å². The molecule has 0 amide bonds. The van der Waals surface area contributed by atoms with Crippen molar-refractivity contribution in [2.45, 2.75) is 20.8 Å². The summed E-state index contributed by atoms with van der Waals surface area (Å²) in [6, 6.07) is 4.04. The number of aromatic nitrogens is 1. The van der Waals surface area contributed by atoms with E-state index in [0.717, 1.165) is 11.3 Å². The van der Waals surface area contributed by atoms with E-state index in [1.807, 2.05) is 31.9 Å². The standard InChI is InChI=1S/C14H19N3O2/c1-9-6-11(3)16-13(12(9)7-15)17(4)8-10(2)14(18)19-5/h6,10H,8H2,1-5H3. The fourth-order valence-corrected chi connectivity index (χ4v) is 2.00. The van der Waals surface area contributed by atoms with Gasteiger partial charge in [-0.1, -0.05) is 6.92 Å². The van der Waals surface area contributed by atoms with Crippen molar-refractivity contribution in [3.63, 3.8) is 0 Å². The molecule has 0 fully saturated rings. The third kappa shape index (κ3) is 3.44. The minimum atomic E-state index is -0.274. The molecule has 0 aliphatic carbocycles. The van der Waals surface area contributed by atoms with Crippen molar-refractivity contribution in [1.82, 2.24) is 4.98 Å². The van der Waals surface area contributed by atoms with Crippen LogP contribution in [0, 0.1) is 31.1 Å². The molecular weight excluding hydrogens is 242 g/mol. The van der Waals surface area contributed by atoms with Crippen LogP contribution in [-0.4, -0.2) is 31.7 Å². The molecular formula is C14H19N3O2. The number of hydrogen-bond donors (Lipinski definition) is 0. The largest absolute Gasteiger partial charge is 0.469 e.